The lowest BCUT2D eigenvalue weighted by molar-refractivity contribution is -0.125. The van der Waals surface area contributed by atoms with Crippen molar-refractivity contribution in [2.24, 2.45) is 5.41 Å². The quantitative estimate of drug-likeness (QED) is 0.439. The van der Waals surface area contributed by atoms with E-state index in [0.29, 0.717) is 24.6 Å². The number of rotatable bonds is 10. The Hall–Kier alpha value is -1.69. The molecule has 0 saturated carbocycles. The second kappa shape index (κ2) is 11.3. The number of nitrogens with zero attached hydrogens (tertiary/aromatic N) is 1. The zero-order chi connectivity index (χ0) is 22.3. The lowest BCUT2D eigenvalue weighted by Crippen LogP contribution is -2.43. The summed E-state index contributed by atoms with van der Waals surface area (Å²) < 4.78 is 5.09. The number of methoxy groups -OCH3 is 1. The molecule has 2 atom stereocenters. The third kappa shape index (κ3) is 6.64. The molecule has 1 heterocycles. The Morgan fingerprint density at radius 1 is 1.23 bits per heavy atom. The first-order valence-corrected chi connectivity index (χ1v) is 11.9. The van der Waals surface area contributed by atoms with Crippen LogP contribution < -0.4 is 10.6 Å². The average molecular weight is 428 g/mol. The van der Waals surface area contributed by atoms with Gasteiger partial charge >= 0.3 is 0 Å². The van der Waals surface area contributed by atoms with E-state index in [9.17, 15) is 4.79 Å². The smallest absolute Gasteiger partial charge is 0.237 e. The average Bonchev–Trinajstić information content (AvgIpc) is 3.13. The molecule has 1 amide bonds. The zero-order valence-corrected chi connectivity index (χ0v) is 19.9. The number of allylic oxidation sites excluding steroid dienone is 1. The Balaban J connectivity index is 1.59. The first-order chi connectivity index (χ1) is 14.9. The van der Waals surface area contributed by atoms with Crippen molar-refractivity contribution in [1.82, 2.24) is 15.5 Å². The summed E-state index contributed by atoms with van der Waals surface area (Å²) in [6.45, 7) is 10.9. The highest BCUT2D eigenvalue weighted by molar-refractivity contribution is 5.82. The maximum atomic E-state index is 12.9. The van der Waals surface area contributed by atoms with Gasteiger partial charge in [-0.2, -0.15) is 0 Å². The van der Waals surface area contributed by atoms with Crippen LogP contribution in [0.2, 0.25) is 0 Å². The molecule has 0 spiro atoms. The first kappa shape index (κ1) is 24.0. The molecule has 1 saturated heterocycles. The highest BCUT2D eigenvalue weighted by Gasteiger charge is 2.36. The van der Waals surface area contributed by atoms with Gasteiger partial charge in [0.25, 0.3) is 0 Å². The number of hydrogen-bond acceptors (Lipinski definition) is 4. The van der Waals surface area contributed by atoms with E-state index in [1.54, 1.807) is 18.3 Å². The van der Waals surface area contributed by atoms with Gasteiger partial charge < -0.3 is 15.4 Å². The summed E-state index contributed by atoms with van der Waals surface area (Å²) in [5, 5.41) is 6.82. The molecular formula is C26H41N3O2. The van der Waals surface area contributed by atoms with E-state index in [0.717, 1.165) is 32.5 Å². The molecule has 1 fully saturated rings. The van der Waals surface area contributed by atoms with Crippen LogP contribution in [0, 0.1) is 5.41 Å². The Bertz CT molecular complexity index is 744. The van der Waals surface area contributed by atoms with Crippen molar-refractivity contribution in [3.63, 3.8) is 0 Å². The molecule has 172 valence electrons. The summed E-state index contributed by atoms with van der Waals surface area (Å²) in [5.41, 5.74) is 4.80. The minimum absolute atomic E-state index is 0.0957. The Morgan fingerprint density at radius 2 is 2.00 bits per heavy atom. The van der Waals surface area contributed by atoms with Gasteiger partial charge in [0.05, 0.1) is 12.6 Å². The Labute approximate surface area is 188 Å². The number of hydrogen-bond donors (Lipinski definition) is 2. The summed E-state index contributed by atoms with van der Waals surface area (Å²) >= 11 is 0. The monoisotopic (exact) mass is 427 g/mol. The summed E-state index contributed by atoms with van der Waals surface area (Å²) in [4.78, 5) is 15.2. The van der Waals surface area contributed by atoms with E-state index in [4.69, 9.17) is 4.74 Å². The van der Waals surface area contributed by atoms with Crippen LogP contribution in [0.5, 0.6) is 0 Å². The third-order valence-corrected chi connectivity index (χ3v) is 7.03. The van der Waals surface area contributed by atoms with Crippen LogP contribution in [-0.4, -0.2) is 56.2 Å². The summed E-state index contributed by atoms with van der Waals surface area (Å²) in [6.07, 6.45) is 5.81. The molecule has 2 aliphatic rings. The Morgan fingerprint density at radius 3 is 2.71 bits per heavy atom. The number of amides is 1. The van der Waals surface area contributed by atoms with Gasteiger partial charge in [0.1, 0.15) is 0 Å². The van der Waals surface area contributed by atoms with E-state index < -0.39 is 0 Å². The fourth-order valence-electron chi connectivity index (χ4n) is 5.34. The van der Waals surface area contributed by atoms with Crippen LogP contribution in [0.25, 0.3) is 0 Å². The molecule has 31 heavy (non-hydrogen) atoms. The van der Waals surface area contributed by atoms with Crippen LogP contribution in [0.1, 0.15) is 58.4 Å². The number of likely N-dealkylation sites (tertiary alicyclic amines) is 1. The van der Waals surface area contributed by atoms with Crippen molar-refractivity contribution in [2.75, 3.05) is 33.4 Å². The van der Waals surface area contributed by atoms with E-state index in [1.165, 1.54) is 24.8 Å². The lowest BCUT2D eigenvalue weighted by atomic mass is 9.71. The minimum Gasteiger partial charge on any atom is -0.383 e. The second-order valence-electron chi connectivity index (χ2n) is 9.85. The van der Waals surface area contributed by atoms with E-state index in [2.05, 4.69) is 60.6 Å². The maximum Gasteiger partial charge on any atom is 0.237 e. The van der Waals surface area contributed by atoms with Crippen molar-refractivity contribution in [3.05, 3.63) is 47.0 Å². The summed E-state index contributed by atoms with van der Waals surface area (Å²) in [6, 6.07) is 10.7. The number of benzene rings is 1. The molecule has 0 bridgehead atoms. The van der Waals surface area contributed by atoms with E-state index in [-0.39, 0.29) is 11.9 Å². The Kier molecular flexibility index (Phi) is 8.70. The molecule has 3 rings (SSSR count). The van der Waals surface area contributed by atoms with Crippen molar-refractivity contribution >= 4 is 5.91 Å². The number of nitrogens with one attached hydrogen (secondary N) is 2. The number of ether oxygens (including phenoxy) is 1. The predicted molar refractivity (Wildman–Crippen MR) is 127 cm³/mol. The normalized spacial score (nSPS) is 23.9. The van der Waals surface area contributed by atoms with Crippen molar-refractivity contribution in [2.45, 2.75) is 71.5 Å². The molecule has 1 aliphatic heterocycles. The molecular weight excluding hydrogens is 386 g/mol. The van der Waals surface area contributed by atoms with E-state index in [1.807, 2.05) is 6.07 Å². The molecule has 0 unspecified atom stereocenters. The van der Waals surface area contributed by atoms with Gasteiger partial charge in [0, 0.05) is 32.8 Å². The molecule has 2 N–H and O–H groups in total. The molecule has 1 aromatic rings. The van der Waals surface area contributed by atoms with Gasteiger partial charge in [-0.3, -0.25) is 9.69 Å². The molecule has 1 aliphatic carbocycles. The molecule has 1 aromatic carbocycles. The summed E-state index contributed by atoms with van der Waals surface area (Å²) in [7, 11) is 1.66. The molecule has 0 radical (unpaired) electrons. The van der Waals surface area contributed by atoms with Crippen LogP contribution in [0.3, 0.4) is 0 Å². The van der Waals surface area contributed by atoms with Crippen molar-refractivity contribution < 1.29 is 9.53 Å². The second-order valence-corrected chi connectivity index (χ2v) is 9.85. The van der Waals surface area contributed by atoms with Gasteiger partial charge in [0.15, 0.2) is 0 Å². The summed E-state index contributed by atoms with van der Waals surface area (Å²) in [5.74, 6) is 0.115. The zero-order valence-electron chi connectivity index (χ0n) is 19.9. The maximum absolute atomic E-state index is 12.9. The van der Waals surface area contributed by atoms with Crippen molar-refractivity contribution in [1.29, 1.82) is 0 Å². The fourth-order valence-corrected chi connectivity index (χ4v) is 5.34. The number of carbonyl (C=O) groups is 1. The van der Waals surface area contributed by atoms with Gasteiger partial charge in [-0.05, 0) is 56.6 Å². The van der Waals surface area contributed by atoms with Gasteiger partial charge in [-0.25, -0.2) is 0 Å². The SMILES string of the molecule is COCCNC(=O)[C@@H]1C[C@H](NCCC2=C(C)CCCC2(C)C)CN1Cc1ccccc1. The minimum atomic E-state index is -0.0957. The number of carbonyl (C=O) groups excluding carboxylic acids is 1. The third-order valence-electron chi connectivity index (χ3n) is 7.03. The fraction of sp³-hybridized carbons (Fsp3) is 0.654. The molecule has 5 nitrogen and oxygen atoms in total. The topological polar surface area (TPSA) is 53.6 Å². The van der Waals surface area contributed by atoms with Gasteiger partial charge in [0.2, 0.25) is 5.91 Å². The van der Waals surface area contributed by atoms with Gasteiger partial charge in [-0.15, -0.1) is 0 Å². The lowest BCUT2D eigenvalue weighted by Gasteiger charge is -2.35. The standard InChI is InChI=1S/C26H41N3O2/c1-20-9-8-13-26(2,3)23(20)12-14-27-22-17-24(25(30)28-15-16-31-4)29(19-22)18-21-10-6-5-7-11-21/h5-7,10-11,22,24,27H,8-9,12-19H2,1-4H3,(H,28,30)/t22-,24-/m0/s1. The van der Waals surface area contributed by atoms with Crippen LogP contribution in [0.15, 0.2) is 41.5 Å². The van der Waals surface area contributed by atoms with Gasteiger partial charge in [-0.1, -0.05) is 55.3 Å². The predicted octanol–water partition coefficient (Wildman–Crippen LogP) is 3.90. The first-order valence-electron chi connectivity index (χ1n) is 11.9. The van der Waals surface area contributed by atoms with E-state index >= 15 is 0 Å². The van der Waals surface area contributed by atoms with Crippen LogP contribution in [0.4, 0.5) is 0 Å². The molecule has 0 aromatic heterocycles. The van der Waals surface area contributed by atoms with Crippen molar-refractivity contribution in [3.8, 4) is 0 Å². The van der Waals surface area contributed by atoms with Crippen LogP contribution in [-0.2, 0) is 16.1 Å². The highest BCUT2D eigenvalue weighted by atomic mass is 16.5. The highest BCUT2D eigenvalue weighted by Crippen LogP contribution is 2.41. The van der Waals surface area contributed by atoms with Crippen LogP contribution >= 0.6 is 0 Å². The largest absolute Gasteiger partial charge is 0.383 e. The molecule has 5 heteroatoms.